The van der Waals surface area contributed by atoms with E-state index >= 15 is 0 Å². The fourth-order valence-electron chi connectivity index (χ4n) is 3.68. The van der Waals surface area contributed by atoms with E-state index in [9.17, 15) is 14.4 Å². The Morgan fingerprint density at radius 2 is 1.64 bits per heavy atom. The molecule has 36 heavy (non-hydrogen) atoms. The van der Waals surface area contributed by atoms with Crippen LogP contribution >= 0.6 is 11.8 Å². The van der Waals surface area contributed by atoms with Gasteiger partial charge in [0.05, 0.1) is 7.11 Å². The zero-order valence-electron chi connectivity index (χ0n) is 20.3. The minimum absolute atomic E-state index is 0.135. The molecule has 0 saturated heterocycles. The zero-order chi connectivity index (χ0) is 25.7. The van der Waals surface area contributed by atoms with Crippen molar-refractivity contribution in [1.29, 1.82) is 0 Å². The van der Waals surface area contributed by atoms with Crippen LogP contribution in [0.2, 0.25) is 0 Å². The first kappa shape index (κ1) is 25.1. The zero-order valence-corrected chi connectivity index (χ0v) is 21.1. The summed E-state index contributed by atoms with van der Waals surface area (Å²) in [6, 6.07) is 23.3. The molecule has 0 aliphatic carbocycles. The van der Waals surface area contributed by atoms with Crippen LogP contribution in [-0.4, -0.2) is 36.3 Å². The highest BCUT2D eigenvalue weighted by Gasteiger charge is 2.39. The molecule has 3 aromatic carbocycles. The molecule has 0 aromatic heterocycles. The largest absolute Gasteiger partial charge is 0.497 e. The number of carbonyl (C=O) groups is 3. The molecule has 0 bridgehead atoms. The van der Waals surface area contributed by atoms with Gasteiger partial charge in [0.2, 0.25) is 0 Å². The minimum atomic E-state index is -0.345. The van der Waals surface area contributed by atoms with Crippen molar-refractivity contribution in [2.45, 2.75) is 18.7 Å². The number of carbonyl (C=O) groups excluding carboxylic acids is 3. The molecule has 0 spiro atoms. The van der Waals surface area contributed by atoms with E-state index in [-0.39, 0.29) is 29.3 Å². The first-order valence-electron chi connectivity index (χ1n) is 11.5. The van der Waals surface area contributed by atoms with Crippen molar-refractivity contribution < 1.29 is 19.1 Å². The van der Waals surface area contributed by atoms with Gasteiger partial charge in [0.15, 0.2) is 0 Å². The summed E-state index contributed by atoms with van der Waals surface area (Å²) < 4.78 is 5.19. The second-order valence-corrected chi connectivity index (χ2v) is 9.71. The smallest absolute Gasteiger partial charge is 0.278 e. The number of methoxy groups -OCH3 is 1. The molecule has 3 amide bonds. The van der Waals surface area contributed by atoms with Crippen molar-refractivity contribution >= 4 is 40.9 Å². The Balaban J connectivity index is 1.59. The molecule has 0 radical (unpaired) electrons. The maximum atomic E-state index is 13.3. The van der Waals surface area contributed by atoms with Crippen LogP contribution in [0.15, 0.2) is 94.4 Å². The molecule has 7 nitrogen and oxygen atoms in total. The summed E-state index contributed by atoms with van der Waals surface area (Å²) in [5.41, 5.74) is 2.01. The Kier molecular flexibility index (Phi) is 7.75. The quantitative estimate of drug-likeness (QED) is 0.383. The highest BCUT2D eigenvalue weighted by atomic mass is 32.2. The maximum absolute atomic E-state index is 13.3. The summed E-state index contributed by atoms with van der Waals surface area (Å²) in [6.45, 7) is 4.26. The number of nitrogens with one attached hydrogen (secondary N) is 2. The van der Waals surface area contributed by atoms with Gasteiger partial charge in [0, 0.05) is 28.4 Å². The molecule has 2 N–H and O–H groups in total. The second-order valence-electron chi connectivity index (χ2n) is 8.63. The van der Waals surface area contributed by atoms with E-state index in [0.29, 0.717) is 33.3 Å². The van der Waals surface area contributed by atoms with Crippen LogP contribution in [0, 0.1) is 5.92 Å². The monoisotopic (exact) mass is 501 g/mol. The van der Waals surface area contributed by atoms with Gasteiger partial charge in [-0.15, -0.1) is 0 Å². The number of imide groups is 1. The number of nitrogens with zero attached hydrogens (tertiary/aromatic N) is 1. The second kappa shape index (κ2) is 11.1. The summed E-state index contributed by atoms with van der Waals surface area (Å²) in [7, 11) is 1.55. The van der Waals surface area contributed by atoms with Gasteiger partial charge < -0.3 is 15.4 Å². The summed E-state index contributed by atoms with van der Waals surface area (Å²) in [5.74, 6) is -0.231. The van der Waals surface area contributed by atoms with Gasteiger partial charge in [-0.1, -0.05) is 55.9 Å². The average Bonchev–Trinajstić information content (AvgIpc) is 3.08. The lowest BCUT2D eigenvalue weighted by Gasteiger charge is -2.17. The van der Waals surface area contributed by atoms with Gasteiger partial charge in [-0.3, -0.25) is 19.3 Å². The molecule has 1 heterocycles. The molecule has 0 unspecified atom stereocenters. The Hall–Kier alpha value is -4.04. The van der Waals surface area contributed by atoms with Crippen LogP contribution in [0.25, 0.3) is 0 Å². The Morgan fingerprint density at radius 3 is 2.36 bits per heavy atom. The molecule has 3 aromatic rings. The first-order valence-corrected chi connectivity index (χ1v) is 12.3. The van der Waals surface area contributed by atoms with E-state index in [2.05, 4.69) is 10.6 Å². The Labute approximate surface area is 214 Å². The number of ether oxygens (including phenoxy) is 1. The van der Waals surface area contributed by atoms with Gasteiger partial charge in [0.1, 0.15) is 16.4 Å². The Morgan fingerprint density at radius 1 is 0.917 bits per heavy atom. The molecule has 0 atom stereocenters. The maximum Gasteiger partial charge on any atom is 0.278 e. The lowest BCUT2D eigenvalue weighted by atomic mass is 10.2. The van der Waals surface area contributed by atoms with Crippen LogP contribution in [0.3, 0.4) is 0 Å². The van der Waals surface area contributed by atoms with Crippen LogP contribution in [-0.2, 0) is 9.59 Å². The fourth-order valence-corrected chi connectivity index (χ4v) is 4.68. The third-order valence-electron chi connectivity index (χ3n) is 5.36. The molecule has 184 valence electrons. The van der Waals surface area contributed by atoms with Crippen molar-refractivity contribution in [3.8, 4) is 5.75 Å². The third kappa shape index (κ3) is 5.78. The van der Waals surface area contributed by atoms with E-state index in [1.54, 1.807) is 49.6 Å². The number of thioether (sulfide) groups is 1. The van der Waals surface area contributed by atoms with E-state index < -0.39 is 0 Å². The van der Waals surface area contributed by atoms with E-state index in [0.717, 1.165) is 5.69 Å². The number of para-hydroxylation sites is 1. The third-order valence-corrected chi connectivity index (χ3v) is 6.43. The SMILES string of the molecule is COc1cccc(C(=O)Nc2cccc(SC3=C(Nc4ccccc4)C(=O)N(CC(C)C)C3=O)c2)c1. The molecule has 1 aliphatic heterocycles. The lowest BCUT2D eigenvalue weighted by molar-refractivity contribution is -0.137. The minimum Gasteiger partial charge on any atom is -0.497 e. The van der Waals surface area contributed by atoms with Crippen molar-refractivity contribution in [1.82, 2.24) is 4.90 Å². The highest BCUT2D eigenvalue weighted by molar-refractivity contribution is 8.04. The molecule has 0 saturated carbocycles. The molecular formula is C28H27N3O4S. The van der Waals surface area contributed by atoms with Gasteiger partial charge in [0.25, 0.3) is 17.7 Å². The Bertz CT molecular complexity index is 1320. The van der Waals surface area contributed by atoms with Crippen molar-refractivity contribution in [3.63, 3.8) is 0 Å². The summed E-state index contributed by atoms with van der Waals surface area (Å²) in [6.07, 6.45) is 0. The van der Waals surface area contributed by atoms with Crippen LogP contribution in [0.4, 0.5) is 11.4 Å². The number of amides is 3. The van der Waals surface area contributed by atoms with Crippen molar-refractivity contribution in [2.75, 3.05) is 24.3 Å². The van der Waals surface area contributed by atoms with Crippen LogP contribution < -0.4 is 15.4 Å². The number of rotatable bonds is 9. The average molecular weight is 502 g/mol. The molecule has 0 fully saturated rings. The van der Waals surface area contributed by atoms with E-state index in [1.165, 1.54) is 16.7 Å². The summed E-state index contributed by atoms with van der Waals surface area (Å²) in [5, 5.41) is 6.02. The number of anilines is 2. The van der Waals surface area contributed by atoms with Gasteiger partial charge in [-0.25, -0.2) is 0 Å². The molecule has 4 rings (SSSR count). The van der Waals surface area contributed by atoms with Gasteiger partial charge >= 0.3 is 0 Å². The summed E-state index contributed by atoms with van der Waals surface area (Å²) in [4.78, 5) is 41.5. The topological polar surface area (TPSA) is 87.7 Å². The van der Waals surface area contributed by atoms with Gasteiger partial charge in [-0.05, 0) is 54.4 Å². The van der Waals surface area contributed by atoms with Gasteiger partial charge in [-0.2, -0.15) is 0 Å². The lowest BCUT2D eigenvalue weighted by Crippen LogP contribution is -2.35. The van der Waals surface area contributed by atoms with E-state index in [4.69, 9.17) is 4.74 Å². The molecule has 1 aliphatic rings. The standard InChI is InChI=1S/C28H27N3O4S/c1-18(2)17-31-27(33)24(29-20-10-5-4-6-11-20)25(28(31)34)36-23-14-8-12-21(16-23)30-26(32)19-9-7-13-22(15-19)35-3/h4-16,18,29H,17H2,1-3H3,(H,30,32). The van der Waals surface area contributed by atoms with Crippen LogP contribution in [0.5, 0.6) is 5.75 Å². The summed E-state index contributed by atoms with van der Waals surface area (Å²) >= 11 is 1.20. The number of hydrogen-bond acceptors (Lipinski definition) is 6. The number of hydrogen-bond donors (Lipinski definition) is 2. The van der Waals surface area contributed by atoms with Crippen LogP contribution in [0.1, 0.15) is 24.2 Å². The normalized spacial score (nSPS) is 13.4. The van der Waals surface area contributed by atoms with E-state index in [1.807, 2.05) is 50.2 Å². The molecular weight excluding hydrogens is 474 g/mol. The highest BCUT2D eigenvalue weighted by Crippen LogP contribution is 2.37. The first-order chi connectivity index (χ1) is 17.4. The van der Waals surface area contributed by atoms with Crippen molar-refractivity contribution in [3.05, 3.63) is 95.0 Å². The molecule has 8 heteroatoms. The fraction of sp³-hybridized carbons (Fsp3) is 0.179. The van der Waals surface area contributed by atoms with Crippen molar-refractivity contribution in [2.24, 2.45) is 5.92 Å². The predicted octanol–water partition coefficient (Wildman–Crippen LogP) is 5.39. The number of benzene rings is 3. The predicted molar refractivity (Wildman–Crippen MR) is 142 cm³/mol.